The van der Waals surface area contributed by atoms with E-state index in [4.69, 9.17) is 29.2 Å². The van der Waals surface area contributed by atoms with E-state index >= 15 is 0 Å². The van der Waals surface area contributed by atoms with Crippen LogP contribution in [0.4, 0.5) is 18.4 Å². The Kier molecular flexibility index (Phi) is 22.5. The number of carbonyl (C=O) groups excluding carboxylic acids is 3. The zero-order chi connectivity index (χ0) is 62.9. The second kappa shape index (κ2) is 27.1. The number of halogens is 2. The van der Waals surface area contributed by atoms with E-state index in [0.717, 1.165) is 32.1 Å². The Bertz CT molecular complexity index is 3170. The van der Waals surface area contributed by atoms with Crippen molar-refractivity contribution >= 4 is 44.1 Å². The summed E-state index contributed by atoms with van der Waals surface area (Å²) >= 11 is 0. The number of hydrogen-bond acceptors (Lipinski definition) is 14. The average molecular weight is 1200 g/mol. The predicted octanol–water partition coefficient (Wildman–Crippen LogP) is 11.6. The maximum absolute atomic E-state index is 14.5. The molecule has 3 amide bonds. The molecule has 2 atom stereocenters. The van der Waals surface area contributed by atoms with Crippen molar-refractivity contribution in [3.8, 4) is 11.5 Å². The minimum atomic E-state index is -4.29. The topological polar surface area (TPSA) is 264 Å². The standard InChI is InChI=1S/C30H42FN3O6S.C20H32N2O5S.C10H12FNO2/c1-28(2,3)24-15-14-23(25(31)32-24)26(35)33-41(37,38)22-13-9-12-21(17-22)39-16-10-11-20-18-30(7,8)34(19-20)27(36)40-29(4,5)6;1-19(2,3)27-18(23)22-14-15(13-20(22,4)5)8-7-11-26-16-9-6-10-17(12-16)28(21,24)25;1-10(2,3)7-5-4-6(9(13)14)8(11)12-7/h9,12-15,17,20H,10-11,16,18-19H2,1-8H3,(H,33,35);6,9-10,12,15H,7-8,11,13-14H2,1-5H3,(H2,21,24,25);4-5H,1-3H3,(H,13,14). The van der Waals surface area contributed by atoms with Crippen molar-refractivity contribution < 1.29 is 68.8 Å². The number of carboxylic acid groups (broad SMARTS) is 1. The van der Waals surface area contributed by atoms with Gasteiger partial charge in [-0.05, 0) is 168 Å². The summed E-state index contributed by atoms with van der Waals surface area (Å²) in [5.41, 5.74) is -2.20. The number of nitrogens with one attached hydrogen (secondary N) is 1. The van der Waals surface area contributed by atoms with E-state index in [1.807, 2.05) is 107 Å². The molecule has 2 saturated heterocycles. The van der Waals surface area contributed by atoms with Crippen LogP contribution in [0, 0.1) is 23.7 Å². The third-order valence-electron chi connectivity index (χ3n) is 13.4. The number of primary sulfonamides is 1. The Hall–Kier alpha value is -6.46. The van der Waals surface area contributed by atoms with Gasteiger partial charge in [-0.3, -0.25) is 4.79 Å². The van der Waals surface area contributed by atoms with Crippen molar-refractivity contribution in [1.82, 2.24) is 24.5 Å². The van der Waals surface area contributed by atoms with Crippen molar-refractivity contribution in [3.05, 3.63) is 107 Å². The van der Waals surface area contributed by atoms with Crippen molar-refractivity contribution in [2.45, 2.75) is 192 Å². The average Bonchev–Trinajstić information content (AvgIpc) is 3.91. The number of aromatic carboxylic acids is 1. The number of nitrogens with zero attached hydrogens (tertiary/aromatic N) is 4. The van der Waals surface area contributed by atoms with Crippen molar-refractivity contribution in [2.75, 3.05) is 26.3 Å². The lowest BCUT2D eigenvalue weighted by molar-refractivity contribution is 0.0118. The second-order valence-corrected chi connectivity index (χ2v) is 29.5. The van der Waals surface area contributed by atoms with Crippen LogP contribution in [0.1, 0.15) is 181 Å². The van der Waals surface area contributed by atoms with Crippen LogP contribution < -0.4 is 19.3 Å². The molecule has 2 fully saturated rings. The Balaban J connectivity index is 0.000000302. The molecule has 19 nitrogen and oxygen atoms in total. The second-order valence-electron chi connectivity index (χ2n) is 26.2. The molecule has 0 bridgehead atoms. The highest BCUT2D eigenvalue weighted by molar-refractivity contribution is 7.90. The van der Waals surface area contributed by atoms with E-state index < -0.39 is 71.6 Å². The van der Waals surface area contributed by atoms with Crippen LogP contribution in [0.5, 0.6) is 11.5 Å². The van der Waals surface area contributed by atoms with Gasteiger partial charge in [0.25, 0.3) is 15.9 Å². The molecule has 4 aromatic rings. The molecule has 23 heteroatoms. The molecule has 0 radical (unpaired) electrons. The van der Waals surface area contributed by atoms with Gasteiger partial charge in [0.15, 0.2) is 0 Å². The summed E-state index contributed by atoms with van der Waals surface area (Å²) in [4.78, 5) is 59.1. The molecule has 83 heavy (non-hydrogen) atoms. The van der Waals surface area contributed by atoms with Crippen LogP contribution >= 0.6 is 0 Å². The van der Waals surface area contributed by atoms with Gasteiger partial charge in [0.05, 0.1) is 28.6 Å². The fraction of sp³-hybridized carbons (Fsp3) is 0.567. The van der Waals surface area contributed by atoms with Gasteiger partial charge in [0.1, 0.15) is 28.3 Å². The fourth-order valence-corrected chi connectivity index (χ4v) is 10.9. The van der Waals surface area contributed by atoms with Gasteiger partial charge in [-0.25, -0.2) is 51.0 Å². The van der Waals surface area contributed by atoms with Gasteiger partial charge in [0, 0.05) is 58.5 Å². The summed E-state index contributed by atoms with van der Waals surface area (Å²) in [7, 11) is -8.03. The maximum Gasteiger partial charge on any atom is 0.410 e. The first-order valence-electron chi connectivity index (χ1n) is 27.5. The maximum atomic E-state index is 14.5. The zero-order valence-corrected chi connectivity index (χ0v) is 52.6. The highest BCUT2D eigenvalue weighted by atomic mass is 32.2. The van der Waals surface area contributed by atoms with E-state index in [2.05, 4.69) is 23.8 Å². The van der Waals surface area contributed by atoms with Crippen molar-refractivity contribution in [3.63, 3.8) is 0 Å². The lowest BCUT2D eigenvalue weighted by Gasteiger charge is -2.33. The molecule has 6 rings (SSSR count). The smallest absolute Gasteiger partial charge is 0.410 e. The first kappa shape index (κ1) is 69.0. The van der Waals surface area contributed by atoms with Gasteiger partial charge in [-0.2, -0.15) is 8.78 Å². The van der Waals surface area contributed by atoms with E-state index in [0.29, 0.717) is 61.5 Å². The number of hydrogen-bond donors (Lipinski definition) is 3. The summed E-state index contributed by atoms with van der Waals surface area (Å²) in [5, 5.41) is 13.7. The minimum Gasteiger partial charge on any atom is -0.494 e. The van der Waals surface area contributed by atoms with Crippen LogP contribution in [0.3, 0.4) is 0 Å². The summed E-state index contributed by atoms with van der Waals surface area (Å²) in [6.07, 6.45) is 4.42. The Labute approximate surface area is 489 Å². The number of aromatic nitrogens is 2. The molecule has 0 aliphatic carbocycles. The molecule has 2 aromatic carbocycles. The summed E-state index contributed by atoms with van der Waals surface area (Å²) < 4.78 is 101. The monoisotopic (exact) mass is 1200 g/mol. The predicted molar refractivity (Wildman–Crippen MR) is 311 cm³/mol. The minimum absolute atomic E-state index is 0.0375. The molecule has 0 saturated carbocycles. The number of nitrogens with two attached hydrogens (primary N) is 1. The highest BCUT2D eigenvalue weighted by Gasteiger charge is 2.44. The van der Waals surface area contributed by atoms with Crippen LogP contribution in [-0.2, 0) is 40.4 Å². The summed E-state index contributed by atoms with van der Waals surface area (Å²) in [6, 6.07) is 17.5. The molecule has 2 aromatic heterocycles. The molecule has 2 aliphatic rings. The van der Waals surface area contributed by atoms with Gasteiger partial charge in [-0.15, -0.1) is 0 Å². The molecule has 4 N–H and O–H groups in total. The quantitative estimate of drug-likeness (QED) is 0.0738. The number of carbonyl (C=O) groups is 4. The number of ether oxygens (including phenoxy) is 4. The molecule has 4 heterocycles. The van der Waals surface area contributed by atoms with Crippen molar-refractivity contribution in [2.24, 2.45) is 17.0 Å². The van der Waals surface area contributed by atoms with Crippen LogP contribution in [0.15, 0.2) is 82.6 Å². The normalized spacial score (nSPS) is 17.0. The number of benzene rings is 2. The first-order chi connectivity index (χ1) is 37.9. The zero-order valence-electron chi connectivity index (χ0n) is 50.9. The van der Waals surface area contributed by atoms with Crippen LogP contribution in [0.2, 0.25) is 0 Å². The van der Waals surface area contributed by atoms with E-state index in [9.17, 15) is 44.8 Å². The number of sulfonamides is 2. The van der Waals surface area contributed by atoms with E-state index in [-0.39, 0.29) is 44.4 Å². The molecular weight excluding hydrogens is 1110 g/mol. The number of pyridine rings is 2. The number of rotatable bonds is 15. The van der Waals surface area contributed by atoms with E-state index in [1.165, 1.54) is 54.6 Å². The number of carboxylic acids is 1. The summed E-state index contributed by atoms with van der Waals surface area (Å²) in [6.45, 7) is 32.6. The largest absolute Gasteiger partial charge is 0.494 e. The van der Waals surface area contributed by atoms with Gasteiger partial charge < -0.3 is 33.9 Å². The SMILES string of the molecule is CC(C)(C)OC(=O)N1CC(CCCOc2cccc(S(=O)(=O)NC(=O)c3ccc(C(C)(C)C)nc3F)c2)CC1(C)C.CC(C)(C)OC(=O)N1CC(CCCOc2cccc(S(N)(=O)=O)c2)CC1(C)C.CC(C)(C)c1ccc(C(=O)O)c(F)n1. The Morgan fingerprint density at radius 3 is 1.37 bits per heavy atom. The molecule has 460 valence electrons. The number of amides is 3. The lowest BCUT2D eigenvalue weighted by Crippen LogP contribution is -2.45. The Morgan fingerprint density at radius 2 is 1.01 bits per heavy atom. The van der Waals surface area contributed by atoms with Crippen LogP contribution in [-0.4, -0.2) is 114 Å². The molecular formula is C60H86F2N6O13S2. The Morgan fingerprint density at radius 1 is 0.627 bits per heavy atom. The third-order valence-corrected chi connectivity index (χ3v) is 15.6. The third kappa shape index (κ3) is 21.3. The number of likely N-dealkylation sites (tertiary alicyclic amines) is 2. The fourth-order valence-electron chi connectivity index (χ4n) is 9.30. The summed E-state index contributed by atoms with van der Waals surface area (Å²) in [5.74, 6) is -2.90. The lowest BCUT2D eigenvalue weighted by atomic mass is 9.91. The first-order valence-corrected chi connectivity index (χ1v) is 30.6. The molecule has 2 aliphatic heterocycles. The van der Waals surface area contributed by atoms with Crippen LogP contribution in [0.25, 0.3) is 0 Å². The van der Waals surface area contributed by atoms with Gasteiger partial charge in [0.2, 0.25) is 21.9 Å². The highest BCUT2D eigenvalue weighted by Crippen LogP contribution is 2.38. The van der Waals surface area contributed by atoms with Crippen molar-refractivity contribution in [1.29, 1.82) is 0 Å². The molecule has 2 unspecified atom stereocenters. The van der Waals surface area contributed by atoms with Gasteiger partial charge >= 0.3 is 18.2 Å². The van der Waals surface area contributed by atoms with Gasteiger partial charge in [-0.1, -0.05) is 53.7 Å². The molecule has 0 spiro atoms. The van der Waals surface area contributed by atoms with E-state index in [1.54, 1.807) is 23.1 Å².